The van der Waals surface area contributed by atoms with Crippen molar-refractivity contribution in [3.05, 3.63) is 45.5 Å². The summed E-state index contributed by atoms with van der Waals surface area (Å²) in [5, 5.41) is 11.0. The van der Waals surface area contributed by atoms with E-state index in [1.807, 2.05) is 0 Å². The molecular weight excluding hydrogens is 310 g/mol. The van der Waals surface area contributed by atoms with Crippen molar-refractivity contribution >= 4 is 23.5 Å². The van der Waals surface area contributed by atoms with Crippen LogP contribution in [-0.2, 0) is 14.3 Å². The molecule has 6 heteroatoms. The predicted molar refractivity (Wildman–Crippen MR) is 91.5 cm³/mol. The number of nitrogens with zero attached hydrogens (tertiary/aromatic N) is 1. The Morgan fingerprint density at radius 1 is 1.17 bits per heavy atom. The molecule has 0 atom stereocenters. The van der Waals surface area contributed by atoms with Gasteiger partial charge in [-0.15, -0.1) is 0 Å². The third kappa shape index (κ3) is 6.32. The fourth-order valence-electron chi connectivity index (χ4n) is 2.18. The molecule has 0 fully saturated rings. The van der Waals surface area contributed by atoms with E-state index in [9.17, 15) is 19.7 Å². The summed E-state index contributed by atoms with van der Waals surface area (Å²) in [6, 6.07) is 5.94. The summed E-state index contributed by atoms with van der Waals surface area (Å²) in [4.78, 5) is 34.2. The Labute approximate surface area is 141 Å². The molecule has 0 aromatic heterocycles. The monoisotopic (exact) mass is 333 g/mol. The maximum Gasteiger partial charge on any atom is 0.341 e. The van der Waals surface area contributed by atoms with Crippen LogP contribution in [0.5, 0.6) is 0 Å². The molecule has 0 aliphatic rings. The van der Waals surface area contributed by atoms with Gasteiger partial charge in [-0.25, -0.2) is 4.79 Å². The fourth-order valence-corrected chi connectivity index (χ4v) is 2.18. The quantitative estimate of drug-likeness (QED) is 0.122. The van der Waals surface area contributed by atoms with Crippen LogP contribution < -0.4 is 0 Å². The van der Waals surface area contributed by atoms with E-state index in [2.05, 4.69) is 6.92 Å². The van der Waals surface area contributed by atoms with Crippen LogP contribution >= 0.6 is 0 Å². The van der Waals surface area contributed by atoms with E-state index in [1.54, 1.807) is 6.07 Å². The highest BCUT2D eigenvalue weighted by Crippen LogP contribution is 2.21. The fraction of sp³-hybridized carbons (Fsp3) is 0.444. The van der Waals surface area contributed by atoms with Crippen molar-refractivity contribution in [1.82, 2.24) is 0 Å². The number of esters is 1. The number of hydrogen-bond acceptors (Lipinski definition) is 5. The maximum atomic E-state index is 12.1. The van der Waals surface area contributed by atoms with E-state index in [4.69, 9.17) is 4.74 Å². The van der Waals surface area contributed by atoms with E-state index in [0.717, 1.165) is 32.1 Å². The highest BCUT2D eigenvalue weighted by molar-refractivity contribution is 6.20. The van der Waals surface area contributed by atoms with Gasteiger partial charge in [0.2, 0.25) is 0 Å². The first-order valence-electron chi connectivity index (χ1n) is 8.10. The van der Waals surface area contributed by atoms with Crippen molar-refractivity contribution in [2.75, 3.05) is 6.61 Å². The first kappa shape index (κ1) is 19.5. The number of carbonyl (C=O) groups excluding carboxylic acids is 2. The molecule has 0 unspecified atom stereocenters. The number of benzene rings is 1. The van der Waals surface area contributed by atoms with E-state index >= 15 is 0 Å². The summed E-state index contributed by atoms with van der Waals surface area (Å²) in [7, 11) is 0. The van der Waals surface area contributed by atoms with Crippen LogP contribution in [0.2, 0.25) is 0 Å². The third-order valence-electron chi connectivity index (χ3n) is 3.51. The first-order valence-corrected chi connectivity index (χ1v) is 8.10. The van der Waals surface area contributed by atoms with Crippen LogP contribution in [0.15, 0.2) is 29.8 Å². The number of para-hydroxylation sites is 1. The Bertz CT molecular complexity index is 622. The molecule has 0 amide bonds. The lowest BCUT2D eigenvalue weighted by Crippen LogP contribution is -2.14. The van der Waals surface area contributed by atoms with Gasteiger partial charge in [0.05, 0.1) is 17.1 Å². The molecule has 1 aromatic rings. The minimum Gasteiger partial charge on any atom is -0.462 e. The zero-order valence-electron chi connectivity index (χ0n) is 14.1. The van der Waals surface area contributed by atoms with E-state index < -0.39 is 16.7 Å². The second-order valence-corrected chi connectivity index (χ2v) is 5.48. The van der Waals surface area contributed by atoms with E-state index in [1.165, 1.54) is 31.2 Å². The lowest BCUT2D eigenvalue weighted by molar-refractivity contribution is -0.385. The molecule has 0 saturated heterocycles. The van der Waals surface area contributed by atoms with Gasteiger partial charge in [-0.2, -0.15) is 0 Å². The van der Waals surface area contributed by atoms with Crippen LogP contribution in [0, 0.1) is 10.1 Å². The average molecular weight is 333 g/mol. The van der Waals surface area contributed by atoms with Crippen molar-refractivity contribution in [3.63, 3.8) is 0 Å². The molecule has 0 bridgehead atoms. The summed E-state index contributed by atoms with van der Waals surface area (Å²) in [6.07, 6.45) is 6.28. The number of ether oxygens (including phenoxy) is 1. The highest BCUT2D eigenvalue weighted by Gasteiger charge is 2.19. The number of Topliss-reactive ketones (excluding diaryl/α,β-unsaturated/α-hetero) is 1. The average Bonchev–Trinajstić information content (AvgIpc) is 2.55. The summed E-state index contributed by atoms with van der Waals surface area (Å²) in [5.41, 5.74) is -0.144. The number of ketones is 1. The molecule has 130 valence electrons. The highest BCUT2D eigenvalue weighted by atomic mass is 16.6. The molecule has 0 aliphatic heterocycles. The lowest BCUT2D eigenvalue weighted by Gasteiger charge is -2.06. The Kier molecular flexibility index (Phi) is 8.39. The molecule has 0 saturated carbocycles. The number of carbonyl (C=O) groups is 2. The minimum absolute atomic E-state index is 0.163. The first-order chi connectivity index (χ1) is 11.5. The summed E-state index contributed by atoms with van der Waals surface area (Å²) < 4.78 is 5.12. The summed E-state index contributed by atoms with van der Waals surface area (Å²) >= 11 is 0. The SMILES string of the molecule is CCCCCCCOC(=O)/C(=C\c1ccccc1[N+](=O)[O-])C(C)=O. The largest absolute Gasteiger partial charge is 0.462 e. The maximum absolute atomic E-state index is 12.1. The lowest BCUT2D eigenvalue weighted by atomic mass is 10.1. The Hall–Kier alpha value is -2.50. The number of rotatable bonds is 10. The van der Waals surface area contributed by atoms with Crippen molar-refractivity contribution in [1.29, 1.82) is 0 Å². The van der Waals surface area contributed by atoms with Crippen LogP contribution in [-0.4, -0.2) is 23.3 Å². The predicted octanol–water partition coefficient (Wildman–Crippen LogP) is 4.08. The van der Waals surface area contributed by atoms with Crippen molar-refractivity contribution < 1.29 is 19.2 Å². The molecule has 1 aromatic carbocycles. The molecular formula is C18H23NO5. The van der Waals surface area contributed by atoms with Gasteiger partial charge in [0.25, 0.3) is 5.69 Å². The molecule has 6 nitrogen and oxygen atoms in total. The Balaban J connectivity index is 2.78. The molecule has 0 N–H and O–H groups in total. The molecule has 0 heterocycles. The van der Waals surface area contributed by atoms with Crippen molar-refractivity contribution in [2.24, 2.45) is 0 Å². The number of unbranched alkanes of at least 4 members (excludes halogenated alkanes) is 4. The van der Waals surface area contributed by atoms with Crippen molar-refractivity contribution in [2.45, 2.75) is 46.0 Å². The molecule has 0 spiro atoms. The normalized spacial score (nSPS) is 11.2. The Morgan fingerprint density at radius 3 is 2.46 bits per heavy atom. The van der Waals surface area contributed by atoms with Crippen molar-refractivity contribution in [3.8, 4) is 0 Å². The second-order valence-electron chi connectivity index (χ2n) is 5.48. The van der Waals surface area contributed by atoms with Gasteiger partial charge in [-0.1, -0.05) is 44.7 Å². The minimum atomic E-state index is -0.740. The standard InChI is InChI=1S/C18H23NO5/c1-3-4-5-6-9-12-24-18(21)16(14(2)20)13-15-10-7-8-11-17(15)19(22)23/h7-8,10-11,13H,3-6,9,12H2,1-2H3/b16-13-. The zero-order chi connectivity index (χ0) is 17.9. The van der Waals surface area contributed by atoms with Gasteiger partial charge in [0.1, 0.15) is 5.57 Å². The number of nitro groups is 1. The second kappa shape index (κ2) is 10.3. The van der Waals surface area contributed by atoms with Gasteiger partial charge >= 0.3 is 5.97 Å². The van der Waals surface area contributed by atoms with Crippen LogP contribution in [0.3, 0.4) is 0 Å². The third-order valence-corrected chi connectivity index (χ3v) is 3.51. The van der Waals surface area contributed by atoms with E-state index in [0.29, 0.717) is 0 Å². The molecule has 1 rings (SSSR count). The summed E-state index contributed by atoms with van der Waals surface area (Å²) in [5.74, 6) is -1.22. The van der Waals surface area contributed by atoms with Gasteiger partial charge in [0, 0.05) is 6.07 Å². The topological polar surface area (TPSA) is 86.5 Å². The molecule has 0 radical (unpaired) electrons. The zero-order valence-corrected chi connectivity index (χ0v) is 14.1. The number of nitro benzene ring substituents is 1. The Morgan fingerprint density at radius 2 is 1.83 bits per heavy atom. The molecule has 0 aliphatic carbocycles. The summed E-state index contributed by atoms with van der Waals surface area (Å²) in [6.45, 7) is 3.60. The van der Waals surface area contributed by atoms with Gasteiger partial charge in [-0.05, 0) is 25.5 Å². The smallest absolute Gasteiger partial charge is 0.341 e. The van der Waals surface area contributed by atoms with Crippen LogP contribution in [0.25, 0.3) is 6.08 Å². The molecule has 24 heavy (non-hydrogen) atoms. The van der Waals surface area contributed by atoms with E-state index in [-0.39, 0.29) is 23.4 Å². The van der Waals surface area contributed by atoms with Crippen LogP contribution in [0.4, 0.5) is 5.69 Å². The van der Waals surface area contributed by atoms with Gasteiger partial charge < -0.3 is 4.74 Å². The van der Waals surface area contributed by atoms with Gasteiger partial charge in [-0.3, -0.25) is 14.9 Å². The number of hydrogen-bond donors (Lipinski definition) is 0. The van der Waals surface area contributed by atoms with Crippen LogP contribution in [0.1, 0.15) is 51.5 Å². The van der Waals surface area contributed by atoms with Gasteiger partial charge in [0.15, 0.2) is 5.78 Å².